The van der Waals surface area contributed by atoms with Crippen molar-refractivity contribution in [3.63, 3.8) is 0 Å². The van der Waals surface area contributed by atoms with Gasteiger partial charge in [-0.25, -0.2) is 0 Å². The average Bonchev–Trinajstić information content (AvgIpc) is 2.83. The molecule has 0 saturated heterocycles. The van der Waals surface area contributed by atoms with Gasteiger partial charge in [-0.15, -0.1) is 0 Å². The number of unbranched alkanes of at least 4 members (excludes halogenated alkanes) is 20. The molecule has 196 valence electrons. The summed E-state index contributed by atoms with van der Waals surface area (Å²) in [6, 6.07) is 0. The third kappa shape index (κ3) is 38.7. The standard InChI is InChI=1S/C16H30O.C16H32/c1-2-3-4-5-6-7-8-9-10-11-12-13-14-15-16-17;1-3-5-7-9-11-13-15-16-14-12-10-8-6-4-2/h5-6,16H,2-4,7-15H2,1H3;9,11H,3-8,10,12-16H2,1-2H3/b6-5-;11-9-. The summed E-state index contributed by atoms with van der Waals surface area (Å²) < 4.78 is 0. The number of carbonyl (C=O) groups excluding carboxylic acids is 1. The predicted molar refractivity (Wildman–Crippen MR) is 152 cm³/mol. The monoisotopic (exact) mass is 462 g/mol. The minimum Gasteiger partial charge on any atom is -0.303 e. The van der Waals surface area contributed by atoms with Crippen LogP contribution in [-0.4, -0.2) is 6.29 Å². The van der Waals surface area contributed by atoms with Crippen molar-refractivity contribution in [1.29, 1.82) is 0 Å². The van der Waals surface area contributed by atoms with Gasteiger partial charge in [0.25, 0.3) is 0 Å². The van der Waals surface area contributed by atoms with Crippen LogP contribution in [0.4, 0.5) is 0 Å². The van der Waals surface area contributed by atoms with Crippen LogP contribution in [0.15, 0.2) is 24.3 Å². The molecule has 0 rings (SSSR count). The van der Waals surface area contributed by atoms with E-state index in [0.717, 1.165) is 19.1 Å². The van der Waals surface area contributed by atoms with E-state index >= 15 is 0 Å². The quantitative estimate of drug-likeness (QED) is 0.0748. The fraction of sp³-hybridized carbons (Fsp3) is 0.844. The number of rotatable bonds is 25. The fourth-order valence-corrected chi connectivity index (χ4v) is 3.89. The van der Waals surface area contributed by atoms with Crippen LogP contribution in [0.25, 0.3) is 0 Å². The first-order valence-electron chi connectivity index (χ1n) is 15.1. The zero-order valence-corrected chi connectivity index (χ0v) is 23.3. The molecule has 0 N–H and O–H groups in total. The van der Waals surface area contributed by atoms with E-state index in [-0.39, 0.29) is 0 Å². The van der Waals surface area contributed by atoms with E-state index in [4.69, 9.17) is 0 Å². The molecule has 33 heavy (non-hydrogen) atoms. The Kier molecular flexibility index (Phi) is 37.2. The molecule has 0 aliphatic heterocycles. The lowest BCUT2D eigenvalue weighted by molar-refractivity contribution is -0.107. The molecule has 0 unspecified atom stereocenters. The number of carbonyl (C=O) groups is 1. The first-order chi connectivity index (χ1) is 16.3. The van der Waals surface area contributed by atoms with E-state index < -0.39 is 0 Å². The molecule has 0 saturated carbocycles. The Labute approximate surface area is 210 Å². The lowest BCUT2D eigenvalue weighted by Crippen LogP contribution is -1.81. The molecule has 1 nitrogen and oxygen atoms in total. The number of hydrogen-bond donors (Lipinski definition) is 0. The van der Waals surface area contributed by atoms with Gasteiger partial charge in [0.1, 0.15) is 6.29 Å². The molecule has 0 bridgehead atoms. The first-order valence-corrected chi connectivity index (χ1v) is 15.1. The smallest absolute Gasteiger partial charge is 0.119 e. The van der Waals surface area contributed by atoms with E-state index in [0.29, 0.717) is 0 Å². The van der Waals surface area contributed by atoms with Gasteiger partial charge in [0.15, 0.2) is 0 Å². The molecule has 0 amide bonds. The van der Waals surface area contributed by atoms with Gasteiger partial charge in [0.05, 0.1) is 0 Å². The van der Waals surface area contributed by atoms with Crippen LogP contribution < -0.4 is 0 Å². The summed E-state index contributed by atoms with van der Waals surface area (Å²) in [7, 11) is 0. The maximum Gasteiger partial charge on any atom is 0.119 e. The molecule has 1 heteroatoms. The van der Waals surface area contributed by atoms with Crippen molar-refractivity contribution in [1.82, 2.24) is 0 Å². The second-order valence-electron chi connectivity index (χ2n) is 9.71. The van der Waals surface area contributed by atoms with Crippen LogP contribution >= 0.6 is 0 Å². The Balaban J connectivity index is 0. The molecule has 0 aromatic carbocycles. The summed E-state index contributed by atoms with van der Waals surface area (Å²) in [6.07, 6.45) is 42.1. The van der Waals surface area contributed by atoms with Crippen LogP contribution in [0.1, 0.15) is 175 Å². The predicted octanol–water partition coefficient (Wildman–Crippen LogP) is 11.7. The molecule has 0 radical (unpaired) electrons. The van der Waals surface area contributed by atoms with Crippen LogP contribution in [0, 0.1) is 0 Å². The lowest BCUT2D eigenvalue weighted by Gasteiger charge is -1.99. The third-order valence-electron chi connectivity index (χ3n) is 6.20. The van der Waals surface area contributed by atoms with Crippen molar-refractivity contribution < 1.29 is 4.79 Å². The number of hydrogen-bond acceptors (Lipinski definition) is 1. The van der Waals surface area contributed by atoms with Gasteiger partial charge in [-0.05, 0) is 44.9 Å². The molecule has 0 aliphatic rings. The molecule has 0 aromatic rings. The summed E-state index contributed by atoms with van der Waals surface area (Å²) in [6.45, 7) is 6.78. The van der Waals surface area contributed by atoms with Crippen molar-refractivity contribution in [2.45, 2.75) is 175 Å². The van der Waals surface area contributed by atoms with Crippen molar-refractivity contribution in [3.05, 3.63) is 24.3 Å². The molecule has 0 aliphatic carbocycles. The molecule has 0 heterocycles. The fourth-order valence-electron chi connectivity index (χ4n) is 3.89. The Morgan fingerprint density at radius 3 is 0.939 bits per heavy atom. The Bertz CT molecular complexity index is 382. The minimum atomic E-state index is 0.753. The Morgan fingerprint density at radius 2 is 0.606 bits per heavy atom. The first kappa shape index (κ1) is 34.3. The molecule has 0 aromatic heterocycles. The highest BCUT2D eigenvalue weighted by molar-refractivity contribution is 5.48. The zero-order chi connectivity index (χ0) is 24.5. The van der Waals surface area contributed by atoms with Gasteiger partial charge in [0.2, 0.25) is 0 Å². The molecule has 0 fully saturated rings. The highest BCUT2D eigenvalue weighted by Crippen LogP contribution is 2.11. The summed E-state index contributed by atoms with van der Waals surface area (Å²) in [5, 5.41) is 0. The van der Waals surface area contributed by atoms with Crippen LogP contribution in [0.2, 0.25) is 0 Å². The maximum atomic E-state index is 10.1. The summed E-state index contributed by atoms with van der Waals surface area (Å²) in [4.78, 5) is 10.1. The molecule has 0 spiro atoms. The largest absolute Gasteiger partial charge is 0.303 e. The van der Waals surface area contributed by atoms with Gasteiger partial charge < -0.3 is 4.79 Å². The third-order valence-corrected chi connectivity index (χ3v) is 6.20. The highest BCUT2D eigenvalue weighted by Gasteiger charge is 1.92. The van der Waals surface area contributed by atoms with Gasteiger partial charge >= 0.3 is 0 Å². The summed E-state index contributed by atoms with van der Waals surface area (Å²) in [5.41, 5.74) is 0. The summed E-state index contributed by atoms with van der Waals surface area (Å²) >= 11 is 0. The Morgan fingerprint density at radius 1 is 0.333 bits per heavy atom. The topological polar surface area (TPSA) is 17.1 Å². The number of aldehydes is 1. The average molecular weight is 463 g/mol. The molecular formula is C32H62O. The lowest BCUT2D eigenvalue weighted by atomic mass is 10.1. The zero-order valence-electron chi connectivity index (χ0n) is 23.3. The van der Waals surface area contributed by atoms with Gasteiger partial charge in [0, 0.05) is 6.42 Å². The second kappa shape index (κ2) is 35.7. The minimum absolute atomic E-state index is 0.753. The van der Waals surface area contributed by atoms with E-state index in [1.54, 1.807) is 0 Å². The molecule has 0 atom stereocenters. The number of allylic oxidation sites excluding steroid dienone is 4. The van der Waals surface area contributed by atoms with Crippen LogP contribution in [-0.2, 0) is 4.79 Å². The van der Waals surface area contributed by atoms with E-state index in [1.807, 2.05) is 0 Å². The van der Waals surface area contributed by atoms with E-state index in [2.05, 4.69) is 45.1 Å². The van der Waals surface area contributed by atoms with Crippen LogP contribution in [0.3, 0.4) is 0 Å². The second-order valence-corrected chi connectivity index (χ2v) is 9.71. The maximum absolute atomic E-state index is 10.1. The molecular weight excluding hydrogens is 400 g/mol. The highest BCUT2D eigenvalue weighted by atomic mass is 16.1. The van der Waals surface area contributed by atoms with Crippen molar-refractivity contribution in [3.8, 4) is 0 Å². The van der Waals surface area contributed by atoms with E-state index in [1.165, 1.54) is 141 Å². The Hall–Kier alpha value is -0.850. The van der Waals surface area contributed by atoms with Crippen LogP contribution in [0.5, 0.6) is 0 Å². The normalized spacial score (nSPS) is 11.2. The van der Waals surface area contributed by atoms with Gasteiger partial charge in [-0.3, -0.25) is 0 Å². The van der Waals surface area contributed by atoms with E-state index in [9.17, 15) is 4.79 Å². The van der Waals surface area contributed by atoms with Crippen molar-refractivity contribution >= 4 is 6.29 Å². The van der Waals surface area contributed by atoms with Crippen molar-refractivity contribution in [2.24, 2.45) is 0 Å². The summed E-state index contributed by atoms with van der Waals surface area (Å²) in [5.74, 6) is 0. The van der Waals surface area contributed by atoms with Crippen molar-refractivity contribution in [2.75, 3.05) is 0 Å². The van der Waals surface area contributed by atoms with Gasteiger partial charge in [-0.2, -0.15) is 0 Å². The van der Waals surface area contributed by atoms with Gasteiger partial charge in [-0.1, -0.05) is 148 Å². The SMILES string of the molecule is CCCC/C=C\CCCCCCCCCC.CCCC/C=C\CCCCCCCCCC=O.